The van der Waals surface area contributed by atoms with E-state index in [0.29, 0.717) is 11.4 Å². The number of rotatable bonds is 4. The summed E-state index contributed by atoms with van der Waals surface area (Å²) in [6.45, 7) is 0. The number of nitro groups is 1. The number of hydrogen-bond acceptors (Lipinski definition) is 6. The van der Waals surface area contributed by atoms with E-state index in [4.69, 9.17) is 27.7 Å². The first-order valence-electron chi connectivity index (χ1n) is 6.22. The van der Waals surface area contributed by atoms with E-state index >= 15 is 0 Å². The van der Waals surface area contributed by atoms with Gasteiger partial charge in [0.15, 0.2) is 0 Å². The molecule has 0 aliphatic carbocycles. The zero-order valence-electron chi connectivity index (χ0n) is 11.3. The van der Waals surface area contributed by atoms with Crippen LogP contribution in [0.4, 0.5) is 5.69 Å². The van der Waals surface area contributed by atoms with Crippen LogP contribution in [0.15, 0.2) is 39.5 Å². The summed E-state index contributed by atoms with van der Waals surface area (Å²) in [5, 5.41) is 18.8. The monoisotopic (exact) mass is 367 g/mol. The number of nitro benzene ring substituents is 1. The van der Waals surface area contributed by atoms with Gasteiger partial charge in [0.05, 0.1) is 4.92 Å². The van der Waals surface area contributed by atoms with Gasteiger partial charge in [0.1, 0.15) is 10.1 Å². The van der Waals surface area contributed by atoms with Crippen molar-refractivity contribution in [1.29, 1.82) is 0 Å². The molecule has 9 heteroatoms. The topological polar surface area (TPSA) is 82.1 Å². The average Bonchev–Trinajstić information content (AvgIpc) is 3.19. The van der Waals surface area contributed by atoms with Crippen LogP contribution in [0.25, 0.3) is 22.5 Å². The van der Waals surface area contributed by atoms with Crippen LogP contribution in [0.1, 0.15) is 11.5 Å². The molecule has 2 aromatic heterocycles. The third-order valence-corrected chi connectivity index (χ3v) is 4.14. The van der Waals surface area contributed by atoms with Gasteiger partial charge in [0.2, 0.25) is 5.82 Å². The molecule has 0 radical (unpaired) electrons. The van der Waals surface area contributed by atoms with Gasteiger partial charge in [0, 0.05) is 17.0 Å². The van der Waals surface area contributed by atoms with Crippen LogP contribution in [-0.4, -0.2) is 15.1 Å². The fraction of sp³-hybridized carbons (Fsp3) is 0. The Morgan fingerprint density at radius 1 is 1.39 bits per heavy atom. The van der Waals surface area contributed by atoms with Gasteiger partial charge in [0.25, 0.3) is 11.6 Å². The van der Waals surface area contributed by atoms with Crippen molar-refractivity contribution in [3.63, 3.8) is 0 Å². The number of halogens is 2. The van der Waals surface area contributed by atoms with Crippen LogP contribution in [0.5, 0.6) is 0 Å². The third-order valence-electron chi connectivity index (χ3n) is 2.87. The first kappa shape index (κ1) is 15.7. The van der Waals surface area contributed by atoms with Gasteiger partial charge >= 0.3 is 0 Å². The minimum atomic E-state index is -0.561. The maximum absolute atomic E-state index is 10.9. The summed E-state index contributed by atoms with van der Waals surface area (Å²) in [4.78, 5) is 14.5. The van der Waals surface area contributed by atoms with Crippen molar-refractivity contribution in [1.82, 2.24) is 10.1 Å². The standard InChI is InChI=1S/C14H7Cl2N3O3S/c15-10-2-1-8(6-12(10)19(20)21)5-11(16)14-17-13(18-22-14)9-3-4-23-7-9/h1-7H. The Kier molecular flexibility index (Phi) is 4.42. The number of hydrogen-bond donors (Lipinski definition) is 0. The summed E-state index contributed by atoms with van der Waals surface area (Å²) in [6.07, 6.45) is 1.50. The van der Waals surface area contributed by atoms with Crippen LogP contribution in [0.2, 0.25) is 5.02 Å². The largest absolute Gasteiger partial charge is 0.333 e. The van der Waals surface area contributed by atoms with E-state index in [0.717, 1.165) is 5.56 Å². The highest BCUT2D eigenvalue weighted by Gasteiger charge is 2.14. The van der Waals surface area contributed by atoms with Crippen LogP contribution >= 0.6 is 34.5 Å². The predicted octanol–water partition coefficient (Wildman–Crippen LogP) is 5.10. The summed E-state index contributed by atoms with van der Waals surface area (Å²) in [7, 11) is 0. The molecule has 0 aliphatic heterocycles. The first-order chi connectivity index (χ1) is 11.0. The molecule has 0 aliphatic rings. The normalized spacial score (nSPS) is 11.7. The summed E-state index contributed by atoms with van der Waals surface area (Å²) >= 11 is 13.4. The number of benzene rings is 1. The van der Waals surface area contributed by atoms with Crippen molar-refractivity contribution in [3.8, 4) is 11.4 Å². The Morgan fingerprint density at radius 3 is 2.91 bits per heavy atom. The minimum absolute atomic E-state index is 0.0563. The lowest BCUT2D eigenvalue weighted by atomic mass is 10.2. The van der Waals surface area contributed by atoms with Crippen molar-refractivity contribution in [3.05, 3.63) is 61.6 Å². The first-order valence-corrected chi connectivity index (χ1v) is 7.92. The maximum Gasteiger partial charge on any atom is 0.288 e. The fourth-order valence-corrected chi connectivity index (χ4v) is 2.82. The molecule has 0 N–H and O–H groups in total. The van der Waals surface area contributed by atoms with Crippen molar-refractivity contribution < 1.29 is 9.45 Å². The molecule has 0 saturated carbocycles. The van der Waals surface area contributed by atoms with Crippen molar-refractivity contribution in [2.45, 2.75) is 0 Å². The van der Waals surface area contributed by atoms with Crippen LogP contribution in [0, 0.1) is 10.1 Å². The highest BCUT2D eigenvalue weighted by atomic mass is 35.5. The Morgan fingerprint density at radius 2 is 2.22 bits per heavy atom. The molecule has 116 valence electrons. The number of aromatic nitrogens is 2. The molecule has 0 fully saturated rings. The summed E-state index contributed by atoms with van der Waals surface area (Å²) < 4.78 is 5.11. The smallest absolute Gasteiger partial charge is 0.288 e. The molecule has 0 saturated heterocycles. The van der Waals surface area contributed by atoms with E-state index in [9.17, 15) is 10.1 Å². The molecule has 0 amide bonds. The van der Waals surface area contributed by atoms with Crippen LogP contribution in [0.3, 0.4) is 0 Å². The van der Waals surface area contributed by atoms with E-state index in [2.05, 4.69) is 10.1 Å². The molecule has 23 heavy (non-hydrogen) atoms. The van der Waals surface area contributed by atoms with E-state index in [1.54, 1.807) is 6.07 Å². The van der Waals surface area contributed by atoms with Crippen molar-refractivity contribution in [2.24, 2.45) is 0 Å². The van der Waals surface area contributed by atoms with Gasteiger partial charge in [-0.3, -0.25) is 10.1 Å². The Labute approximate surface area is 144 Å². The lowest BCUT2D eigenvalue weighted by molar-refractivity contribution is -0.384. The van der Waals surface area contributed by atoms with Crippen LogP contribution in [-0.2, 0) is 0 Å². The zero-order valence-corrected chi connectivity index (χ0v) is 13.6. The molecule has 0 bridgehead atoms. The SMILES string of the molecule is O=[N+]([O-])c1cc(C=C(Cl)c2nc(-c3ccsc3)no2)ccc1Cl. The average molecular weight is 368 g/mol. The number of nitrogens with zero attached hydrogens (tertiary/aromatic N) is 3. The highest BCUT2D eigenvalue weighted by molar-refractivity contribution is 7.08. The second-order valence-electron chi connectivity index (χ2n) is 4.40. The lowest BCUT2D eigenvalue weighted by Gasteiger charge is -1.98. The molecule has 0 atom stereocenters. The summed E-state index contributed by atoms with van der Waals surface area (Å²) in [5.74, 6) is 0.556. The minimum Gasteiger partial charge on any atom is -0.333 e. The molecule has 3 aromatic rings. The fourth-order valence-electron chi connectivity index (χ4n) is 1.80. The van der Waals surface area contributed by atoms with Gasteiger partial charge in [-0.1, -0.05) is 34.4 Å². The predicted molar refractivity (Wildman–Crippen MR) is 89.4 cm³/mol. The van der Waals surface area contributed by atoms with Crippen LogP contribution < -0.4 is 0 Å². The van der Waals surface area contributed by atoms with E-state index in [1.807, 2.05) is 16.8 Å². The maximum atomic E-state index is 10.9. The molecular formula is C14H7Cl2N3O3S. The number of thiophene rings is 1. The molecule has 0 spiro atoms. The van der Waals surface area contributed by atoms with E-state index in [-0.39, 0.29) is 21.6 Å². The summed E-state index contributed by atoms with van der Waals surface area (Å²) in [6, 6.07) is 6.22. The summed E-state index contributed by atoms with van der Waals surface area (Å²) in [5.41, 5.74) is 1.13. The molecule has 1 aromatic carbocycles. The van der Waals surface area contributed by atoms with Gasteiger partial charge in [-0.2, -0.15) is 16.3 Å². The van der Waals surface area contributed by atoms with Crippen molar-refractivity contribution >= 4 is 51.3 Å². The molecular weight excluding hydrogens is 361 g/mol. The van der Waals surface area contributed by atoms with Gasteiger partial charge in [-0.05, 0) is 29.2 Å². The third kappa shape index (κ3) is 3.42. The molecule has 0 unspecified atom stereocenters. The Balaban J connectivity index is 1.91. The second-order valence-corrected chi connectivity index (χ2v) is 5.99. The molecule has 3 rings (SSSR count). The van der Waals surface area contributed by atoms with Crippen molar-refractivity contribution in [2.75, 3.05) is 0 Å². The Bertz CT molecular complexity index is 891. The zero-order chi connectivity index (χ0) is 16.4. The lowest BCUT2D eigenvalue weighted by Crippen LogP contribution is -1.89. The molecule has 6 nitrogen and oxygen atoms in total. The van der Waals surface area contributed by atoms with Gasteiger partial charge in [-0.25, -0.2) is 0 Å². The quantitative estimate of drug-likeness (QED) is 0.473. The highest BCUT2D eigenvalue weighted by Crippen LogP contribution is 2.29. The van der Waals surface area contributed by atoms with E-state index < -0.39 is 4.92 Å². The van der Waals surface area contributed by atoms with Gasteiger partial charge in [-0.15, -0.1) is 0 Å². The van der Waals surface area contributed by atoms with E-state index in [1.165, 1.54) is 29.5 Å². The van der Waals surface area contributed by atoms with Gasteiger partial charge < -0.3 is 4.52 Å². The molecule has 2 heterocycles. The Hall–Kier alpha value is -2.22. The second kappa shape index (κ2) is 6.49.